The van der Waals surface area contributed by atoms with Gasteiger partial charge in [0.15, 0.2) is 0 Å². The van der Waals surface area contributed by atoms with Crippen molar-refractivity contribution in [2.45, 2.75) is 77.6 Å². The van der Waals surface area contributed by atoms with Gasteiger partial charge >= 0.3 is 0 Å². The van der Waals surface area contributed by atoms with Gasteiger partial charge in [-0.1, -0.05) is 71.1 Å². The summed E-state index contributed by atoms with van der Waals surface area (Å²) in [5, 5.41) is 0. The second kappa shape index (κ2) is 14.3. The smallest absolute Gasteiger partial charge is 0.00703 e. The Balaban J connectivity index is 2.81. The van der Waals surface area contributed by atoms with Gasteiger partial charge in [-0.2, -0.15) is 11.8 Å². The standard InChI is InChI=1S/C14H30S/c1-3-4-5-6-7-8-9-10-11-12-13-14-15-2/h3-14H2,1-2H3. The van der Waals surface area contributed by atoms with Crippen molar-refractivity contribution in [2.75, 3.05) is 12.0 Å². The van der Waals surface area contributed by atoms with E-state index in [1.807, 2.05) is 11.8 Å². The van der Waals surface area contributed by atoms with Crippen LogP contribution in [0.5, 0.6) is 0 Å². The van der Waals surface area contributed by atoms with Crippen LogP contribution in [0.15, 0.2) is 0 Å². The summed E-state index contributed by atoms with van der Waals surface area (Å²) >= 11 is 1.98. The van der Waals surface area contributed by atoms with Crippen molar-refractivity contribution < 1.29 is 0 Å². The van der Waals surface area contributed by atoms with E-state index in [-0.39, 0.29) is 0 Å². The molecule has 0 N–H and O–H groups in total. The fourth-order valence-corrected chi connectivity index (χ4v) is 2.40. The second-order valence-corrected chi connectivity index (χ2v) is 5.51. The molecule has 0 heterocycles. The summed E-state index contributed by atoms with van der Waals surface area (Å²) in [5.74, 6) is 1.36. The Kier molecular flexibility index (Phi) is 14.7. The van der Waals surface area contributed by atoms with Crippen LogP contribution in [0, 0.1) is 0 Å². The summed E-state index contributed by atoms with van der Waals surface area (Å²) in [6.07, 6.45) is 18.2. The van der Waals surface area contributed by atoms with Crippen LogP contribution in [0.2, 0.25) is 0 Å². The Morgan fingerprint density at radius 3 is 1.40 bits per heavy atom. The van der Waals surface area contributed by atoms with Crippen molar-refractivity contribution in [3.8, 4) is 0 Å². The maximum Gasteiger partial charge on any atom is -0.00703 e. The molecule has 0 saturated carbocycles. The molecule has 92 valence electrons. The molecule has 1 heteroatoms. The quantitative estimate of drug-likeness (QED) is 0.390. The Bertz CT molecular complexity index is 89.5. The van der Waals surface area contributed by atoms with Gasteiger partial charge in [-0.25, -0.2) is 0 Å². The average Bonchev–Trinajstić information content (AvgIpc) is 2.26. The van der Waals surface area contributed by atoms with E-state index < -0.39 is 0 Å². The summed E-state index contributed by atoms with van der Waals surface area (Å²) in [4.78, 5) is 0. The number of unbranched alkanes of at least 4 members (excludes halogenated alkanes) is 10. The summed E-state index contributed by atoms with van der Waals surface area (Å²) in [6, 6.07) is 0. The van der Waals surface area contributed by atoms with Crippen molar-refractivity contribution in [2.24, 2.45) is 0 Å². The highest BCUT2D eigenvalue weighted by Crippen LogP contribution is 2.11. The first kappa shape index (κ1) is 15.3. The number of rotatable bonds is 12. The van der Waals surface area contributed by atoms with Crippen LogP contribution in [-0.2, 0) is 0 Å². The van der Waals surface area contributed by atoms with E-state index in [1.54, 1.807) is 0 Å². The minimum Gasteiger partial charge on any atom is -0.165 e. The monoisotopic (exact) mass is 230 g/mol. The zero-order valence-corrected chi connectivity index (χ0v) is 11.7. The van der Waals surface area contributed by atoms with Gasteiger partial charge in [-0.3, -0.25) is 0 Å². The largest absolute Gasteiger partial charge is 0.165 e. The zero-order chi connectivity index (χ0) is 11.2. The SMILES string of the molecule is CCCCCCCCCCCCCSC. The third-order valence-corrected chi connectivity index (χ3v) is 3.65. The lowest BCUT2D eigenvalue weighted by atomic mass is 10.1. The minimum atomic E-state index is 1.36. The van der Waals surface area contributed by atoms with Crippen molar-refractivity contribution in [1.29, 1.82) is 0 Å². The van der Waals surface area contributed by atoms with E-state index in [4.69, 9.17) is 0 Å². The van der Waals surface area contributed by atoms with E-state index in [1.165, 1.54) is 76.4 Å². The maximum absolute atomic E-state index is 2.29. The van der Waals surface area contributed by atoms with Crippen LogP contribution in [-0.4, -0.2) is 12.0 Å². The lowest BCUT2D eigenvalue weighted by Gasteiger charge is -2.01. The molecule has 0 saturated heterocycles. The number of thioether (sulfide) groups is 1. The average molecular weight is 230 g/mol. The van der Waals surface area contributed by atoms with Gasteiger partial charge in [0.05, 0.1) is 0 Å². The number of hydrogen-bond acceptors (Lipinski definition) is 1. The van der Waals surface area contributed by atoms with Gasteiger partial charge in [-0.15, -0.1) is 0 Å². The maximum atomic E-state index is 2.29. The highest BCUT2D eigenvalue weighted by Gasteiger charge is 1.92. The van der Waals surface area contributed by atoms with Crippen molar-refractivity contribution in [3.05, 3.63) is 0 Å². The molecule has 0 unspecified atom stereocenters. The molecule has 0 fully saturated rings. The van der Waals surface area contributed by atoms with Gasteiger partial charge in [-0.05, 0) is 18.4 Å². The predicted octanol–water partition coefficient (Wildman–Crippen LogP) is 5.66. The van der Waals surface area contributed by atoms with Crippen LogP contribution >= 0.6 is 11.8 Å². The molecule has 0 aromatic carbocycles. The molecular weight excluding hydrogens is 200 g/mol. The van der Waals surface area contributed by atoms with Crippen LogP contribution in [0.4, 0.5) is 0 Å². The van der Waals surface area contributed by atoms with Crippen LogP contribution in [0.3, 0.4) is 0 Å². The zero-order valence-electron chi connectivity index (χ0n) is 10.9. The number of hydrogen-bond donors (Lipinski definition) is 0. The van der Waals surface area contributed by atoms with E-state index in [2.05, 4.69) is 13.2 Å². The van der Waals surface area contributed by atoms with Crippen molar-refractivity contribution in [3.63, 3.8) is 0 Å². The first-order chi connectivity index (χ1) is 7.41. The third-order valence-electron chi connectivity index (χ3n) is 2.95. The molecule has 0 aromatic rings. The molecule has 0 bridgehead atoms. The first-order valence-electron chi connectivity index (χ1n) is 6.90. The van der Waals surface area contributed by atoms with Crippen molar-refractivity contribution in [1.82, 2.24) is 0 Å². The van der Waals surface area contributed by atoms with E-state index in [0.29, 0.717) is 0 Å². The van der Waals surface area contributed by atoms with Gasteiger partial charge in [0, 0.05) is 0 Å². The Hall–Kier alpha value is 0.350. The molecule has 0 aliphatic heterocycles. The lowest BCUT2D eigenvalue weighted by Crippen LogP contribution is -1.83. The molecule has 0 atom stereocenters. The van der Waals surface area contributed by atoms with Crippen LogP contribution in [0.25, 0.3) is 0 Å². The fourth-order valence-electron chi connectivity index (χ4n) is 1.91. The topological polar surface area (TPSA) is 0 Å². The summed E-state index contributed by atoms with van der Waals surface area (Å²) in [5.41, 5.74) is 0. The predicted molar refractivity (Wildman–Crippen MR) is 74.8 cm³/mol. The molecule has 0 nitrogen and oxygen atoms in total. The molecule has 0 aliphatic carbocycles. The van der Waals surface area contributed by atoms with Crippen LogP contribution < -0.4 is 0 Å². The van der Waals surface area contributed by atoms with Crippen molar-refractivity contribution >= 4 is 11.8 Å². The molecule has 0 aromatic heterocycles. The Morgan fingerprint density at radius 2 is 1.00 bits per heavy atom. The van der Waals surface area contributed by atoms with Gasteiger partial charge < -0.3 is 0 Å². The molecule has 0 aliphatic rings. The summed E-state index contributed by atoms with van der Waals surface area (Å²) < 4.78 is 0. The lowest BCUT2D eigenvalue weighted by molar-refractivity contribution is 0.555. The minimum absolute atomic E-state index is 1.36. The molecule has 0 radical (unpaired) electrons. The highest BCUT2D eigenvalue weighted by molar-refractivity contribution is 7.98. The molecule has 0 rings (SSSR count). The van der Waals surface area contributed by atoms with E-state index in [9.17, 15) is 0 Å². The third kappa shape index (κ3) is 14.4. The van der Waals surface area contributed by atoms with Gasteiger partial charge in [0.2, 0.25) is 0 Å². The molecule has 0 spiro atoms. The van der Waals surface area contributed by atoms with Gasteiger partial charge in [0.25, 0.3) is 0 Å². The first-order valence-corrected chi connectivity index (χ1v) is 8.30. The summed E-state index contributed by atoms with van der Waals surface area (Å²) in [6.45, 7) is 2.29. The highest BCUT2D eigenvalue weighted by atomic mass is 32.2. The van der Waals surface area contributed by atoms with E-state index >= 15 is 0 Å². The fraction of sp³-hybridized carbons (Fsp3) is 1.00. The molecule has 0 amide bonds. The molecular formula is C14H30S. The summed E-state index contributed by atoms with van der Waals surface area (Å²) in [7, 11) is 0. The normalized spacial score (nSPS) is 10.8. The Labute approximate surface area is 102 Å². The van der Waals surface area contributed by atoms with E-state index in [0.717, 1.165) is 0 Å². The van der Waals surface area contributed by atoms with Crippen LogP contribution in [0.1, 0.15) is 77.6 Å². The second-order valence-electron chi connectivity index (χ2n) is 4.53. The molecule has 15 heavy (non-hydrogen) atoms. The van der Waals surface area contributed by atoms with Gasteiger partial charge in [0.1, 0.15) is 0 Å². The Morgan fingerprint density at radius 1 is 0.600 bits per heavy atom.